The Labute approximate surface area is 98.5 Å². The van der Waals surface area contributed by atoms with Gasteiger partial charge in [-0.1, -0.05) is 13.3 Å². The summed E-state index contributed by atoms with van der Waals surface area (Å²) in [5, 5.41) is 3.55. The first-order valence-electron chi connectivity index (χ1n) is 6.32. The van der Waals surface area contributed by atoms with Crippen LogP contribution in [0.25, 0.3) is 0 Å². The zero-order valence-electron chi connectivity index (χ0n) is 9.96. The molecule has 1 heterocycles. The van der Waals surface area contributed by atoms with Gasteiger partial charge in [-0.2, -0.15) is 11.8 Å². The molecule has 0 spiro atoms. The van der Waals surface area contributed by atoms with Crippen LogP contribution < -0.4 is 5.32 Å². The van der Waals surface area contributed by atoms with E-state index in [1.165, 1.54) is 50.2 Å². The molecule has 15 heavy (non-hydrogen) atoms. The fourth-order valence-corrected chi connectivity index (χ4v) is 2.52. The number of ether oxygens (including phenoxy) is 1. The van der Waals surface area contributed by atoms with E-state index >= 15 is 0 Å². The van der Waals surface area contributed by atoms with Crippen molar-refractivity contribution < 1.29 is 4.74 Å². The highest BCUT2D eigenvalue weighted by atomic mass is 32.2. The van der Waals surface area contributed by atoms with Crippen molar-refractivity contribution in [3.63, 3.8) is 0 Å². The van der Waals surface area contributed by atoms with Gasteiger partial charge in [0.1, 0.15) is 0 Å². The van der Waals surface area contributed by atoms with Crippen molar-refractivity contribution in [2.24, 2.45) is 0 Å². The molecule has 0 aromatic heterocycles. The number of rotatable bonds is 8. The lowest BCUT2D eigenvalue weighted by atomic mass is 10.0. The van der Waals surface area contributed by atoms with Gasteiger partial charge in [-0.05, 0) is 43.7 Å². The SMILES string of the molecule is CCSCCCOCCC1CCCCN1. The molecular formula is C12H25NOS. The Kier molecular flexibility index (Phi) is 8.44. The van der Waals surface area contributed by atoms with E-state index in [1.54, 1.807) is 0 Å². The average Bonchev–Trinajstić information content (AvgIpc) is 2.29. The first-order chi connectivity index (χ1) is 7.43. The van der Waals surface area contributed by atoms with Gasteiger partial charge in [-0.3, -0.25) is 0 Å². The standard InChI is InChI=1S/C12H25NOS/c1-2-15-11-5-9-14-10-7-12-6-3-4-8-13-12/h12-13H,2-11H2,1H3. The van der Waals surface area contributed by atoms with Gasteiger partial charge >= 0.3 is 0 Å². The minimum atomic E-state index is 0.726. The molecule has 1 fully saturated rings. The summed E-state index contributed by atoms with van der Waals surface area (Å²) in [5.41, 5.74) is 0. The number of piperidine rings is 1. The predicted molar refractivity (Wildman–Crippen MR) is 68.7 cm³/mol. The zero-order valence-corrected chi connectivity index (χ0v) is 10.8. The second-order valence-electron chi connectivity index (χ2n) is 4.10. The molecule has 0 saturated carbocycles. The molecule has 1 saturated heterocycles. The molecular weight excluding hydrogens is 206 g/mol. The summed E-state index contributed by atoms with van der Waals surface area (Å²) in [6.07, 6.45) is 6.49. The Hall–Kier alpha value is 0.270. The van der Waals surface area contributed by atoms with Gasteiger partial charge in [0, 0.05) is 19.3 Å². The maximum Gasteiger partial charge on any atom is 0.0480 e. The van der Waals surface area contributed by atoms with Crippen LogP contribution in [-0.4, -0.2) is 37.3 Å². The third-order valence-electron chi connectivity index (χ3n) is 2.80. The van der Waals surface area contributed by atoms with Crippen LogP contribution in [0.15, 0.2) is 0 Å². The molecule has 90 valence electrons. The fourth-order valence-electron chi connectivity index (χ4n) is 1.91. The van der Waals surface area contributed by atoms with Crippen molar-refractivity contribution in [2.75, 3.05) is 31.3 Å². The van der Waals surface area contributed by atoms with Crippen molar-refractivity contribution in [1.29, 1.82) is 0 Å². The highest BCUT2D eigenvalue weighted by Crippen LogP contribution is 2.10. The maximum absolute atomic E-state index is 5.63. The highest BCUT2D eigenvalue weighted by Gasteiger charge is 2.11. The molecule has 1 aliphatic rings. The van der Waals surface area contributed by atoms with Crippen molar-refractivity contribution in [1.82, 2.24) is 5.32 Å². The van der Waals surface area contributed by atoms with Crippen LogP contribution in [0.3, 0.4) is 0 Å². The van der Waals surface area contributed by atoms with Crippen LogP contribution >= 0.6 is 11.8 Å². The quantitative estimate of drug-likeness (QED) is 0.649. The van der Waals surface area contributed by atoms with E-state index in [-0.39, 0.29) is 0 Å². The lowest BCUT2D eigenvalue weighted by molar-refractivity contribution is 0.122. The molecule has 1 atom stereocenters. The summed E-state index contributed by atoms with van der Waals surface area (Å²) in [7, 11) is 0. The number of thioether (sulfide) groups is 1. The highest BCUT2D eigenvalue weighted by molar-refractivity contribution is 7.99. The van der Waals surface area contributed by atoms with Gasteiger partial charge < -0.3 is 10.1 Å². The molecule has 1 N–H and O–H groups in total. The first-order valence-corrected chi connectivity index (χ1v) is 7.48. The van der Waals surface area contributed by atoms with Gasteiger partial charge in [0.05, 0.1) is 0 Å². The Bertz CT molecular complexity index is 138. The molecule has 0 aromatic rings. The third kappa shape index (κ3) is 7.20. The molecule has 0 bridgehead atoms. The summed E-state index contributed by atoms with van der Waals surface area (Å²) >= 11 is 2.00. The second-order valence-corrected chi connectivity index (χ2v) is 5.49. The molecule has 0 aromatic carbocycles. The van der Waals surface area contributed by atoms with E-state index in [1.807, 2.05) is 11.8 Å². The lowest BCUT2D eigenvalue weighted by Crippen LogP contribution is -2.34. The van der Waals surface area contributed by atoms with Gasteiger partial charge in [0.15, 0.2) is 0 Å². The van der Waals surface area contributed by atoms with Gasteiger partial charge in [-0.15, -0.1) is 0 Å². The van der Waals surface area contributed by atoms with Crippen LogP contribution in [0.4, 0.5) is 0 Å². The molecule has 3 heteroatoms. The molecule has 0 radical (unpaired) electrons. The summed E-state index contributed by atoms with van der Waals surface area (Å²) in [6, 6.07) is 0.726. The Morgan fingerprint density at radius 3 is 3.00 bits per heavy atom. The Morgan fingerprint density at radius 1 is 1.33 bits per heavy atom. The molecule has 0 amide bonds. The van der Waals surface area contributed by atoms with E-state index in [0.717, 1.165) is 19.3 Å². The second kappa shape index (κ2) is 9.49. The van der Waals surface area contributed by atoms with Crippen molar-refractivity contribution >= 4 is 11.8 Å². The molecule has 1 rings (SSSR count). The van der Waals surface area contributed by atoms with E-state index in [0.29, 0.717) is 0 Å². The van der Waals surface area contributed by atoms with E-state index in [2.05, 4.69) is 12.2 Å². The van der Waals surface area contributed by atoms with E-state index < -0.39 is 0 Å². The number of hydrogen-bond acceptors (Lipinski definition) is 3. The van der Waals surface area contributed by atoms with E-state index in [9.17, 15) is 0 Å². The van der Waals surface area contributed by atoms with Crippen molar-refractivity contribution in [2.45, 2.75) is 45.1 Å². The number of hydrogen-bond donors (Lipinski definition) is 1. The van der Waals surface area contributed by atoms with Crippen LogP contribution in [0.1, 0.15) is 39.0 Å². The maximum atomic E-state index is 5.63. The summed E-state index contributed by atoms with van der Waals surface area (Å²) in [6.45, 7) is 5.30. The minimum Gasteiger partial charge on any atom is -0.381 e. The Morgan fingerprint density at radius 2 is 2.27 bits per heavy atom. The number of nitrogens with one attached hydrogen (secondary N) is 1. The lowest BCUT2D eigenvalue weighted by Gasteiger charge is -2.23. The van der Waals surface area contributed by atoms with Crippen molar-refractivity contribution in [3.05, 3.63) is 0 Å². The van der Waals surface area contributed by atoms with Gasteiger partial charge in [0.2, 0.25) is 0 Å². The summed E-state index contributed by atoms with van der Waals surface area (Å²) in [5.74, 6) is 2.48. The fraction of sp³-hybridized carbons (Fsp3) is 1.00. The normalized spacial score (nSPS) is 21.8. The summed E-state index contributed by atoms with van der Waals surface area (Å²) < 4.78 is 5.63. The third-order valence-corrected chi connectivity index (χ3v) is 3.79. The monoisotopic (exact) mass is 231 g/mol. The molecule has 1 aliphatic heterocycles. The molecule has 1 unspecified atom stereocenters. The zero-order chi connectivity index (χ0) is 10.8. The minimum absolute atomic E-state index is 0.726. The van der Waals surface area contributed by atoms with Gasteiger partial charge in [-0.25, -0.2) is 0 Å². The first kappa shape index (κ1) is 13.3. The Balaban J connectivity index is 1.79. The molecule has 2 nitrogen and oxygen atoms in total. The van der Waals surface area contributed by atoms with Crippen LogP contribution in [0.5, 0.6) is 0 Å². The van der Waals surface area contributed by atoms with Crippen LogP contribution in [0, 0.1) is 0 Å². The molecule has 0 aliphatic carbocycles. The smallest absolute Gasteiger partial charge is 0.0480 e. The summed E-state index contributed by atoms with van der Waals surface area (Å²) in [4.78, 5) is 0. The van der Waals surface area contributed by atoms with Gasteiger partial charge in [0.25, 0.3) is 0 Å². The average molecular weight is 231 g/mol. The largest absolute Gasteiger partial charge is 0.381 e. The topological polar surface area (TPSA) is 21.3 Å². The predicted octanol–water partition coefficient (Wildman–Crippen LogP) is 2.68. The van der Waals surface area contributed by atoms with Crippen LogP contribution in [0.2, 0.25) is 0 Å². The van der Waals surface area contributed by atoms with Crippen molar-refractivity contribution in [3.8, 4) is 0 Å². The van der Waals surface area contributed by atoms with Crippen LogP contribution in [-0.2, 0) is 4.74 Å². The van der Waals surface area contributed by atoms with E-state index in [4.69, 9.17) is 4.74 Å².